The molecule has 0 unspecified atom stereocenters. The first-order chi connectivity index (χ1) is 8.54. The van der Waals surface area contributed by atoms with Crippen molar-refractivity contribution < 1.29 is 37.0 Å². The molecule has 0 spiro atoms. The molecule has 2 fully saturated rings. The number of halogens is 1. The molecule has 2 aliphatic heterocycles. The Morgan fingerprint density at radius 1 is 1.06 bits per heavy atom. The summed E-state index contributed by atoms with van der Waals surface area (Å²) in [6.45, 7) is 0.174. The largest absolute Gasteiger partial charge is 0.535 e. The number of hydrogen-bond donors (Lipinski definition) is 0. The molecular weight excluding hydrogens is 294 g/mol. The molecule has 18 heavy (non-hydrogen) atoms. The quantitative estimate of drug-likeness (QED) is 0.694. The molecular formula is C6H8ClN2O8P. The van der Waals surface area contributed by atoms with Crippen molar-refractivity contribution in [2.24, 2.45) is 0 Å². The lowest BCUT2D eigenvalue weighted by atomic mass is 10.7. The summed E-state index contributed by atoms with van der Waals surface area (Å²) in [6, 6.07) is 0. The number of hydroxylamine groups is 4. The van der Waals surface area contributed by atoms with E-state index in [2.05, 4.69) is 22.8 Å². The lowest BCUT2D eigenvalue weighted by Gasteiger charge is -2.20. The fourth-order valence-corrected chi connectivity index (χ4v) is 2.20. The van der Waals surface area contributed by atoms with E-state index < -0.39 is 20.0 Å². The zero-order chi connectivity index (χ0) is 13.2. The van der Waals surface area contributed by atoms with Gasteiger partial charge in [-0.25, -0.2) is 14.2 Å². The summed E-state index contributed by atoms with van der Waals surface area (Å²) in [4.78, 5) is 22.1. The predicted molar refractivity (Wildman–Crippen MR) is 52.8 cm³/mol. The third-order valence-electron chi connectivity index (χ3n) is 1.93. The van der Waals surface area contributed by atoms with Crippen LogP contribution in [0.1, 0.15) is 0 Å². The first-order valence-electron chi connectivity index (χ1n) is 4.72. The van der Waals surface area contributed by atoms with Crippen LogP contribution in [0.15, 0.2) is 0 Å². The van der Waals surface area contributed by atoms with Crippen molar-refractivity contribution in [2.75, 3.05) is 26.3 Å². The number of nitrogens with zero attached hydrogens (tertiary/aromatic N) is 2. The highest BCUT2D eigenvalue weighted by molar-refractivity contribution is 7.49. The maximum atomic E-state index is 11.9. The van der Waals surface area contributed by atoms with Gasteiger partial charge in [0.1, 0.15) is 13.2 Å². The second kappa shape index (κ2) is 5.29. The number of carbonyl (C=O) groups is 2. The van der Waals surface area contributed by atoms with Crippen LogP contribution in [-0.4, -0.2) is 48.6 Å². The third-order valence-corrected chi connectivity index (χ3v) is 3.40. The summed E-state index contributed by atoms with van der Waals surface area (Å²) in [5, 5.41) is 1.23. The first kappa shape index (κ1) is 13.4. The Hall–Kier alpha value is -1.06. The van der Waals surface area contributed by atoms with Gasteiger partial charge in [0.2, 0.25) is 0 Å². The Kier molecular flexibility index (Phi) is 3.93. The Morgan fingerprint density at radius 3 is 1.78 bits per heavy atom. The molecule has 0 aliphatic carbocycles. The minimum absolute atomic E-state index is 0.0247. The van der Waals surface area contributed by atoms with Crippen LogP contribution in [0.25, 0.3) is 0 Å². The molecule has 0 bridgehead atoms. The van der Waals surface area contributed by atoms with Gasteiger partial charge in [-0.1, -0.05) is 0 Å². The van der Waals surface area contributed by atoms with E-state index in [9.17, 15) is 14.2 Å². The first-order valence-corrected chi connectivity index (χ1v) is 6.49. The average Bonchev–Trinajstić information content (AvgIpc) is 2.90. The molecule has 2 rings (SSSR count). The van der Waals surface area contributed by atoms with Crippen LogP contribution < -0.4 is 0 Å². The lowest BCUT2D eigenvalue weighted by molar-refractivity contribution is -0.0850. The van der Waals surface area contributed by atoms with Gasteiger partial charge in [0.25, 0.3) is 0 Å². The molecule has 2 heterocycles. The van der Waals surface area contributed by atoms with Crippen molar-refractivity contribution in [3.63, 3.8) is 0 Å². The van der Waals surface area contributed by atoms with Crippen molar-refractivity contribution >= 4 is 31.9 Å². The Labute approximate surface area is 106 Å². The van der Waals surface area contributed by atoms with Crippen molar-refractivity contribution in [1.29, 1.82) is 0 Å². The summed E-state index contributed by atoms with van der Waals surface area (Å²) >= 11 is 4.99. The van der Waals surface area contributed by atoms with Crippen molar-refractivity contribution in [1.82, 2.24) is 10.1 Å². The van der Waals surface area contributed by atoms with Crippen LogP contribution in [-0.2, 0) is 27.4 Å². The van der Waals surface area contributed by atoms with Gasteiger partial charge in [-0.3, -0.25) is 0 Å². The van der Waals surface area contributed by atoms with E-state index in [-0.39, 0.29) is 26.3 Å². The molecule has 0 N–H and O–H groups in total. The molecule has 0 aromatic carbocycles. The highest BCUT2D eigenvalue weighted by atomic mass is 35.5. The number of hydrogen-bond acceptors (Lipinski definition) is 8. The van der Waals surface area contributed by atoms with E-state index in [0.29, 0.717) is 10.1 Å². The standard InChI is InChI=1S/C6H8ClN2O8P/c7-15-18(12,16-8-1-3-13-5(8)10)17-9-2-4-14-6(9)11/h1-4H2. The molecule has 0 aromatic heterocycles. The fourth-order valence-electron chi connectivity index (χ4n) is 1.19. The molecule has 0 atom stereocenters. The van der Waals surface area contributed by atoms with E-state index in [1.807, 2.05) is 0 Å². The zero-order valence-corrected chi connectivity index (χ0v) is 10.5. The Bertz CT molecular complexity index is 373. The van der Waals surface area contributed by atoms with Crippen LogP contribution in [0, 0.1) is 0 Å². The maximum Gasteiger partial charge on any atom is 0.535 e. The predicted octanol–water partition coefficient (Wildman–Crippen LogP) is 1.03. The lowest BCUT2D eigenvalue weighted by Crippen LogP contribution is -2.28. The van der Waals surface area contributed by atoms with Crippen LogP contribution in [0.3, 0.4) is 0 Å². The van der Waals surface area contributed by atoms with E-state index in [1.165, 1.54) is 0 Å². The molecule has 10 nitrogen and oxygen atoms in total. The SMILES string of the molecule is O=C1OCCN1OP(=O)(OCl)ON1CCOC1=O. The van der Waals surface area contributed by atoms with E-state index in [4.69, 9.17) is 11.9 Å². The van der Waals surface area contributed by atoms with Crippen LogP contribution >= 0.6 is 19.7 Å². The van der Waals surface area contributed by atoms with Gasteiger partial charge >= 0.3 is 20.0 Å². The second-order valence-corrected chi connectivity index (χ2v) is 4.89. The summed E-state index contributed by atoms with van der Waals surface area (Å²) < 4.78 is 34.3. The summed E-state index contributed by atoms with van der Waals surface area (Å²) in [5.41, 5.74) is 0. The van der Waals surface area contributed by atoms with Crippen molar-refractivity contribution in [3.05, 3.63) is 0 Å². The molecule has 2 aliphatic rings. The summed E-state index contributed by atoms with van der Waals surface area (Å²) in [7, 11) is -4.36. The third kappa shape index (κ3) is 2.85. The van der Waals surface area contributed by atoms with Gasteiger partial charge in [0, 0.05) is 0 Å². The summed E-state index contributed by atoms with van der Waals surface area (Å²) in [5.74, 6) is 0. The molecule has 2 amide bonds. The zero-order valence-electron chi connectivity index (χ0n) is 8.81. The van der Waals surface area contributed by atoms with E-state index in [1.54, 1.807) is 0 Å². The molecule has 102 valence electrons. The number of ether oxygens (including phenoxy) is 2. The van der Waals surface area contributed by atoms with Crippen LogP contribution in [0.4, 0.5) is 9.59 Å². The summed E-state index contributed by atoms with van der Waals surface area (Å²) in [6.07, 6.45) is -1.73. The molecule has 0 aromatic rings. The molecule has 12 heteroatoms. The highest BCUT2D eigenvalue weighted by Gasteiger charge is 2.41. The second-order valence-electron chi connectivity index (χ2n) is 3.11. The minimum Gasteiger partial charge on any atom is -0.446 e. The number of amides is 2. The van der Waals surface area contributed by atoms with Crippen molar-refractivity contribution in [2.45, 2.75) is 0 Å². The van der Waals surface area contributed by atoms with Gasteiger partial charge in [0.05, 0.1) is 25.0 Å². The average molecular weight is 303 g/mol. The molecule has 0 saturated carbocycles. The Balaban J connectivity index is 1.98. The maximum absolute atomic E-state index is 11.9. The van der Waals surface area contributed by atoms with Gasteiger partial charge in [-0.2, -0.15) is 23.5 Å². The fraction of sp³-hybridized carbons (Fsp3) is 0.667. The normalized spacial score (nSPS) is 20.3. The van der Waals surface area contributed by atoms with Gasteiger partial charge in [0.15, 0.2) is 0 Å². The smallest absolute Gasteiger partial charge is 0.446 e. The molecule has 2 saturated heterocycles. The monoisotopic (exact) mass is 302 g/mol. The number of cyclic esters (lactones) is 2. The van der Waals surface area contributed by atoms with Gasteiger partial charge in [-0.15, -0.1) is 0 Å². The van der Waals surface area contributed by atoms with Crippen LogP contribution in [0.2, 0.25) is 0 Å². The van der Waals surface area contributed by atoms with Crippen molar-refractivity contribution in [3.8, 4) is 0 Å². The van der Waals surface area contributed by atoms with E-state index in [0.717, 1.165) is 0 Å². The van der Waals surface area contributed by atoms with E-state index >= 15 is 0 Å². The molecule has 0 radical (unpaired) electrons. The van der Waals surface area contributed by atoms with Gasteiger partial charge < -0.3 is 9.47 Å². The van der Waals surface area contributed by atoms with Crippen LogP contribution in [0.5, 0.6) is 0 Å². The highest BCUT2D eigenvalue weighted by Crippen LogP contribution is 2.52. The number of phosphoric acid groups is 1. The number of carbonyl (C=O) groups excluding carboxylic acids is 2. The Morgan fingerprint density at radius 2 is 1.50 bits per heavy atom. The number of rotatable bonds is 5. The topological polar surface area (TPSA) is 104 Å². The van der Waals surface area contributed by atoms with Gasteiger partial charge in [-0.05, 0) is 0 Å². The minimum atomic E-state index is -4.36.